The molecule has 0 aromatic heterocycles. The Kier molecular flexibility index (Phi) is 3.49. The average Bonchev–Trinajstić information content (AvgIpc) is 2.77. The summed E-state index contributed by atoms with van der Waals surface area (Å²) in [6, 6.07) is 9.00. The second-order valence-electron chi connectivity index (χ2n) is 3.80. The van der Waals surface area contributed by atoms with Crippen LogP contribution in [0.4, 0.5) is 0 Å². The zero-order valence-corrected chi connectivity index (χ0v) is 9.22. The van der Waals surface area contributed by atoms with E-state index in [2.05, 4.69) is 15.8 Å². The van der Waals surface area contributed by atoms with E-state index in [4.69, 9.17) is 0 Å². The molecule has 1 aromatic rings. The highest BCUT2D eigenvalue weighted by Crippen LogP contribution is 2.05. The predicted octanol–water partition coefficient (Wildman–Crippen LogP) is 0.415. The molecule has 5 nitrogen and oxygen atoms in total. The molecular weight excluding hydrogens is 218 g/mol. The third-order valence-corrected chi connectivity index (χ3v) is 2.50. The summed E-state index contributed by atoms with van der Waals surface area (Å²) in [6.07, 6.45) is 2.50. The first kappa shape index (κ1) is 11.3. The van der Waals surface area contributed by atoms with Gasteiger partial charge in [-0.25, -0.2) is 5.43 Å². The Bertz CT molecular complexity index is 442. The molecule has 0 spiro atoms. The smallest absolute Gasteiger partial charge is 0.262 e. The molecule has 1 aliphatic heterocycles. The highest BCUT2D eigenvalue weighted by atomic mass is 16.2. The van der Waals surface area contributed by atoms with Crippen LogP contribution in [0.3, 0.4) is 0 Å². The van der Waals surface area contributed by atoms with Crippen LogP contribution in [-0.2, 0) is 9.59 Å². The highest BCUT2D eigenvalue weighted by molar-refractivity contribution is 5.91. The minimum Gasteiger partial charge on any atom is -0.344 e. The summed E-state index contributed by atoms with van der Waals surface area (Å²) >= 11 is 0. The maximum absolute atomic E-state index is 11.5. The SMILES string of the molecule is O=C1CC[C@@H](C(=O)N/N=C/c2ccccc2)N1. The largest absolute Gasteiger partial charge is 0.344 e. The Balaban J connectivity index is 1.84. The van der Waals surface area contributed by atoms with E-state index in [-0.39, 0.29) is 11.8 Å². The van der Waals surface area contributed by atoms with Crippen molar-refractivity contribution >= 4 is 18.0 Å². The molecule has 1 heterocycles. The van der Waals surface area contributed by atoms with E-state index in [0.717, 1.165) is 5.56 Å². The molecule has 1 aromatic carbocycles. The van der Waals surface area contributed by atoms with Gasteiger partial charge in [-0.3, -0.25) is 9.59 Å². The molecule has 0 aliphatic carbocycles. The molecule has 1 saturated heterocycles. The van der Waals surface area contributed by atoms with Gasteiger partial charge in [0.2, 0.25) is 5.91 Å². The van der Waals surface area contributed by atoms with Gasteiger partial charge in [-0.2, -0.15) is 5.10 Å². The molecule has 88 valence electrons. The molecule has 2 rings (SSSR count). The molecule has 0 unspecified atom stereocenters. The monoisotopic (exact) mass is 231 g/mol. The van der Waals surface area contributed by atoms with E-state index in [0.29, 0.717) is 12.8 Å². The van der Waals surface area contributed by atoms with Crippen molar-refractivity contribution < 1.29 is 9.59 Å². The van der Waals surface area contributed by atoms with Gasteiger partial charge >= 0.3 is 0 Å². The summed E-state index contributed by atoms with van der Waals surface area (Å²) in [5.41, 5.74) is 3.32. The molecule has 0 saturated carbocycles. The van der Waals surface area contributed by atoms with Crippen LogP contribution in [0, 0.1) is 0 Å². The van der Waals surface area contributed by atoms with Gasteiger partial charge < -0.3 is 5.32 Å². The van der Waals surface area contributed by atoms with Crippen molar-refractivity contribution in [2.24, 2.45) is 5.10 Å². The lowest BCUT2D eigenvalue weighted by molar-refractivity contribution is -0.125. The zero-order chi connectivity index (χ0) is 12.1. The third kappa shape index (κ3) is 3.14. The summed E-state index contributed by atoms with van der Waals surface area (Å²) in [7, 11) is 0. The summed E-state index contributed by atoms with van der Waals surface area (Å²) in [5, 5.41) is 6.41. The van der Waals surface area contributed by atoms with Crippen LogP contribution in [0.15, 0.2) is 35.4 Å². The number of carbonyl (C=O) groups excluding carboxylic acids is 2. The number of nitrogens with one attached hydrogen (secondary N) is 2. The molecule has 1 aliphatic rings. The van der Waals surface area contributed by atoms with Crippen molar-refractivity contribution in [2.75, 3.05) is 0 Å². The van der Waals surface area contributed by atoms with Gasteiger partial charge in [-0.15, -0.1) is 0 Å². The van der Waals surface area contributed by atoms with Gasteiger partial charge in [0.05, 0.1) is 6.21 Å². The lowest BCUT2D eigenvalue weighted by Gasteiger charge is -2.06. The van der Waals surface area contributed by atoms with Crippen molar-refractivity contribution in [3.05, 3.63) is 35.9 Å². The van der Waals surface area contributed by atoms with Crippen molar-refractivity contribution in [3.63, 3.8) is 0 Å². The van der Waals surface area contributed by atoms with Crippen LogP contribution in [0.25, 0.3) is 0 Å². The van der Waals surface area contributed by atoms with Gasteiger partial charge in [-0.1, -0.05) is 30.3 Å². The van der Waals surface area contributed by atoms with Gasteiger partial charge in [0.25, 0.3) is 5.91 Å². The lowest BCUT2D eigenvalue weighted by atomic mass is 10.2. The Hall–Kier alpha value is -2.17. The minimum absolute atomic E-state index is 0.0859. The molecule has 17 heavy (non-hydrogen) atoms. The van der Waals surface area contributed by atoms with E-state index in [1.807, 2.05) is 30.3 Å². The molecule has 1 fully saturated rings. The summed E-state index contributed by atoms with van der Waals surface area (Å²) in [6.45, 7) is 0. The number of amides is 2. The quantitative estimate of drug-likeness (QED) is 0.584. The fourth-order valence-corrected chi connectivity index (χ4v) is 1.60. The third-order valence-electron chi connectivity index (χ3n) is 2.50. The Labute approximate surface area is 98.9 Å². The van der Waals surface area contributed by atoms with E-state index in [1.165, 1.54) is 0 Å². The first-order valence-electron chi connectivity index (χ1n) is 5.43. The first-order valence-corrected chi connectivity index (χ1v) is 5.43. The van der Waals surface area contributed by atoms with Gasteiger partial charge in [0.1, 0.15) is 6.04 Å². The topological polar surface area (TPSA) is 70.6 Å². The Morgan fingerprint density at radius 3 is 2.82 bits per heavy atom. The van der Waals surface area contributed by atoms with Gasteiger partial charge in [0.15, 0.2) is 0 Å². The van der Waals surface area contributed by atoms with Crippen LogP contribution in [0.2, 0.25) is 0 Å². The number of hydrogen-bond donors (Lipinski definition) is 2. The average molecular weight is 231 g/mol. The zero-order valence-electron chi connectivity index (χ0n) is 9.22. The van der Waals surface area contributed by atoms with Crippen molar-refractivity contribution in [1.82, 2.24) is 10.7 Å². The Morgan fingerprint density at radius 1 is 1.41 bits per heavy atom. The molecule has 0 bridgehead atoms. The normalized spacial score (nSPS) is 19.3. The summed E-state index contributed by atoms with van der Waals surface area (Å²) in [5.74, 6) is -0.361. The molecule has 5 heteroatoms. The maximum atomic E-state index is 11.5. The summed E-state index contributed by atoms with van der Waals surface area (Å²) in [4.78, 5) is 22.5. The molecular formula is C12H13N3O2. The minimum atomic E-state index is -0.449. The second-order valence-corrected chi connectivity index (χ2v) is 3.80. The van der Waals surface area contributed by atoms with Crippen molar-refractivity contribution in [2.45, 2.75) is 18.9 Å². The standard InChI is InChI=1S/C12H13N3O2/c16-11-7-6-10(14-11)12(17)15-13-8-9-4-2-1-3-5-9/h1-5,8,10H,6-7H2,(H,14,16)(H,15,17)/b13-8+/t10-/m0/s1. The number of carbonyl (C=O) groups is 2. The number of benzene rings is 1. The van der Waals surface area contributed by atoms with Crippen molar-refractivity contribution in [3.8, 4) is 0 Å². The predicted molar refractivity (Wildman–Crippen MR) is 63.3 cm³/mol. The van der Waals surface area contributed by atoms with Crippen LogP contribution in [0.1, 0.15) is 18.4 Å². The molecule has 1 atom stereocenters. The number of nitrogens with zero attached hydrogens (tertiary/aromatic N) is 1. The van der Waals surface area contributed by atoms with E-state index in [9.17, 15) is 9.59 Å². The number of hydrogen-bond acceptors (Lipinski definition) is 3. The Morgan fingerprint density at radius 2 is 2.18 bits per heavy atom. The molecule has 0 radical (unpaired) electrons. The molecule has 2 N–H and O–H groups in total. The van der Waals surface area contributed by atoms with Crippen molar-refractivity contribution in [1.29, 1.82) is 0 Å². The van der Waals surface area contributed by atoms with Crippen LogP contribution in [-0.4, -0.2) is 24.1 Å². The van der Waals surface area contributed by atoms with Gasteiger partial charge in [-0.05, 0) is 12.0 Å². The van der Waals surface area contributed by atoms with E-state index >= 15 is 0 Å². The fourth-order valence-electron chi connectivity index (χ4n) is 1.60. The second kappa shape index (κ2) is 5.25. The molecule has 2 amide bonds. The van der Waals surface area contributed by atoms with E-state index < -0.39 is 6.04 Å². The van der Waals surface area contributed by atoms with Gasteiger partial charge in [0, 0.05) is 6.42 Å². The maximum Gasteiger partial charge on any atom is 0.262 e. The van der Waals surface area contributed by atoms with Crippen LogP contribution < -0.4 is 10.7 Å². The summed E-state index contributed by atoms with van der Waals surface area (Å²) < 4.78 is 0. The van der Waals surface area contributed by atoms with Crippen LogP contribution in [0.5, 0.6) is 0 Å². The van der Waals surface area contributed by atoms with E-state index in [1.54, 1.807) is 6.21 Å². The van der Waals surface area contributed by atoms with Crippen LogP contribution >= 0.6 is 0 Å². The number of hydrazone groups is 1. The fraction of sp³-hybridized carbons (Fsp3) is 0.250. The lowest BCUT2D eigenvalue weighted by Crippen LogP contribution is -2.39. The number of rotatable bonds is 3. The highest BCUT2D eigenvalue weighted by Gasteiger charge is 2.26. The first-order chi connectivity index (χ1) is 8.25.